The molecule has 0 saturated carbocycles. The molecule has 1 unspecified atom stereocenters. The maximum atomic E-state index is 11.4. The molecule has 110 valence electrons. The minimum atomic E-state index is -0.344. The lowest BCUT2D eigenvalue weighted by Crippen LogP contribution is -2.17. The smallest absolute Gasteiger partial charge is 0.307 e. The van der Waals surface area contributed by atoms with Crippen LogP contribution in [0.2, 0.25) is 5.02 Å². The zero-order valence-electron chi connectivity index (χ0n) is 11.9. The Morgan fingerprint density at radius 2 is 1.62 bits per heavy atom. The van der Waals surface area contributed by atoms with E-state index in [1.165, 1.54) is 0 Å². The second-order valence-electron chi connectivity index (χ2n) is 4.74. The van der Waals surface area contributed by atoms with Gasteiger partial charge in [0.15, 0.2) is 0 Å². The Bertz CT molecular complexity index is 593. The van der Waals surface area contributed by atoms with Crippen LogP contribution in [-0.4, -0.2) is 12.6 Å². The summed E-state index contributed by atoms with van der Waals surface area (Å²) in [4.78, 5) is 11.4. The van der Waals surface area contributed by atoms with Crippen molar-refractivity contribution in [1.29, 1.82) is 0 Å². The van der Waals surface area contributed by atoms with E-state index in [2.05, 4.69) is 0 Å². The van der Waals surface area contributed by atoms with Crippen molar-refractivity contribution in [1.82, 2.24) is 0 Å². The van der Waals surface area contributed by atoms with Gasteiger partial charge >= 0.3 is 5.97 Å². The average molecular weight is 304 g/mol. The second kappa shape index (κ2) is 7.25. The van der Waals surface area contributed by atoms with Crippen molar-refractivity contribution in [2.24, 2.45) is 5.73 Å². The molecule has 0 bridgehead atoms. The van der Waals surface area contributed by atoms with Crippen LogP contribution in [0.3, 0.4) is 0 Å². The van der Waals surface area contributed by atoms with Gasteiger partial charge in [-0.15, -0.1) is 0 Å². The molecule has 21 heavy (non-hydrogen) atoms. The Kier molecular flexibility index (Phi) is 5.37. The molecule has 2 rings (SSSR count). The quantitative estimate of drug-likeness (QED) is 0.851. The second-order valence-corrected chi connectivity index (χ2v) is 5.18. The highest BCUT2D eigenvalue weighted by Gasteiger charge is 2.12. The Balaban J connectivity index is 2.08. The van der Waals surface area contributed by atoms with Gasteiger partial charge in [-0.3, -0.25) is 4.79 Å². The summed E-state index contributed by atoms with van der Waals surface area (Å²) in [6, 6.07) is 15.2. The van der Waals surface area contributed by atoms with Gasteiger partial charge in [-0.25, -0.2) is 0 Å². The molecule has 0 radical (unpaired) electrons. The zero-order valence-corrected chi connectivity index (χ0v) is 12.6. The summed E-state index contributed by atoms with van der Waals surface area (Å²) in [6.07, 6.45) is 0.189. The van der Waals surface area contributed by atoms with Crippen LogP contribution < -0.4 is 5.73 Å². The van der Waals surface area contributed by atoms with E-state index in [-0.39, 0.29) is 18.4 Å². The van der Waals surface area contributed by atoms with E-state index in [1.807, 2.05) is 48.5 Å². The third-order valence-corrected chi connectivity index (χ3v) is 3.46. The van der Waals surface area contributed by atoms with Crippen LogP contribution in [0.1, 0.15) is 24.9 Å². The van der Waals surface area contributed by atoms with Crippen molar-refractivity contribution >= 4 is 17.6 Å². The number of hydrogen-bond acceptors (Lipinski definition) is 3. The minimum absolute atomic E-state index is 0.189. The van der Waals surface area contributed by atoms with Crippen molar-refractivity contribution in [2.75, 3.05) is 6.61 Å². The first-order valence-corrected chi connectivity index (χ1v) is 7.25. The SMILES string of the molecule is CCOC(=O)CC(N)c1ccc(-c2ccc(Cl)cc2)cc1. The van der Waals surface area contributed by atoms with Gasteiger partial charge in [-0.1, -0.05) is 48.0 Å². The number of rotatable bonds is 5. The van der Waals surface area contributed by atoms with Crippen molar-refractivity contribution in [3.05, 3.63) is 59.1 Å². The predicted molar refractivity (Wildman–Crippen MR) is 85.1 cm³/mol. The monoisotopic (exact) mass is 303 g/mol. The molecule has 2 N–H and O–H groups in total. The summed E-state index contributed by atoms with van der Waals surface area (Å²) < 4.78 is 4.91. The molecule has 0 amide bonds. The molecule has 2 aromatic rings. The zero-order chi connectivity index (χ0) is 15.2. The van der Waals surface area contributed by atoms with Gasteiger partial charge in [0.1, 0.15) is 0 Å². The Hall–Kier alpha value is -1.84. The van der Waals surface area contributed by atoms with Crippen molar-refractivity contribution in [3.8, 4) is 11.1 Å². The third kappa shape index (κ3) is 4.31. The van der Waals surface area contributed by atoms with Crippen LogP contribution in [0.4, 0.5) is 0 Å². The fourth-order valence-corrected chi connectivity index (χ4v) is 2.21. The van der Waals surface area contributed by atoms with Crippen LogP contribution in [0.25, 0.3) is 11.1 Å². The number of carbonyl (C=O) groups excluding carboxylic acids is 1. The van der Waals surface area contributed by atoms with Crippen molar-refractivity contribution in [3.63, 3.8) is 0 Å². The number of nitrogens with two attached hydrogens (primary N) is 1. The Labute approximate surface area is 129 Å². The van der Waals surface area contributed by atoms with Gasteiger partial charge in [0.05, 0.1) is 13.0 Å². The predicted octanol–water partition coefficient (Wildman–Crippen LogP) is 3.96. The summed E-state index contributed by atoms with van der Waals surface area (Å²) in [5.41, 5.74) is 9.10. The van der Waals surface area contributed by atoms with Crippen LogP contribution >= 0.6 is 11.6 Å². The van der Waals surface area contributed by atoms with Crippen molar-refractivity contribution < 1.29 is 9.53 Å². The van der Waals surface area contributed by atoms with Gasteiger partial charge in [0, 0.05) is 11.1 Å². The van der Waals surface area contributed by atoms with Crippen molar-refractivity contribution in [2.45, 2.75) is 19.4 Å². The number of hydrogen-bond donors (Lipinski definition) is 1. The maximum Gasteiger partial charge on any atom is 0.307 e. The van der Waals surface area contributed by atoms with E-state index in [0.29, 0.717) is 11.6 Å². The molecule has 1 atom stereocenters. The molecular formula is C17H18ClNO2. The topological polar surface area (TPSA) is 52.3 Å². The lowest BCUT2D eigenvalue weighted by Gasteiger charge is -2.12. The van der Waals surface area contributed by atoms with Crippen LogP contribution in [-0.2, 0) is 9.53 Å². The van der Waals surface area contributed by atoms with Gasteiger partial charge in [-0.05, 0) is 35.7 Å². The van der Waals surface area contributed by atoms with Crippen LogP contribution in [0, 0.1) is 0 Å². The van der Waals surface area contributed by atoms with Gasteiger partial charge in [0.25, 0.3) is 0 Å². The van der Waals surface area contributed by atoms with Crippen LogP contribution in [0.5, 0.6) is 0 Å². The first kappa shape index (κ1) is 15.5. The number of benzene rings is 2. The number of carbonyl (C=O) groups is 1. The highest BCUT2D eigenvalue weighted by molar-refractivity contribution is 6.30. The highest BCUT2D eigenvalue weighted by atomic mass is 35.5. The third-order valence-electron chi connectivity index (χ3n) is 3.21. The molecule has 0 heterocycles. The Morgan fingerprint density at radius 1 is 1.10 bits per heavy atom. The van der Waals surface area contributed by atoms with Gasteiger partial charge < -0.3 is 10.5 Å². The standard InChI is InChI=1S/C17H18ClNO2/c1-2-21-17(20)11-16(19)14-5-3-12(4-6-14)13-7-9-15(18)10-8-13/h3-10,16H,2,11,19H2,1H3. The number of halogens is 1. The van der Waals surface area contributed by atoms with E-state index in [4.69, 9.17) is 22.1 Å². The molecule has 0 aliphatic rings. The van der Waals surface area contributed by atoms with Gasteiger partial charge in [-0.2, -0.15) is 0 Å². The largest absolute Gasteiger partial charge is 0.466 e. The lowest BCUT2D eigenvalue weighted by molar-refractivity contribution is -0.143. The lowest BCUT2D eigenvalue weighted by atomic mass is 10.00. The Morgan fingerprint density at radius 3 is 2.14 bits per heavy atom. The first-order valence-electron chi connectivity index (χ1n) is 6.87. The fraction of sp³-hybridized carbons (Fsp3) is 0.235. The summed E-state index contributed by atoms with van der Waals surface area (Å²) >= 11 is 5.88. The normalized spacial score (nSPS) is 12.0. The molecular weight excluding hydrogens is 286 g/mol. The summed E-state index contributed by atoms with van der Waals surface area (Å²) in [6.45, 7) is 2.16. The van der Waals surface area contributed by atoms with Gasteiger partial charge in [0.2, 0.25) is 0 Å². The summed E-state index contributed by atoms with van der Waals surface area (Å²) in [7, 11) is 0. The average Bonchev–Trinajstić information content (AvgIpc) is 2.48. The summed E-state index contributed by atoms with van der Waals surface area (Å²) in [5, 5.41) is 0.715. The minimum Gasteiger partial charge on any atom is -0.466 e. The van der Waals surface area contributed by atoms with Crippen LogP contribution in [0.15, 0.2) is 48.5 Å². The molecule has 0 saturated heterocycles. The van der Waals surface area contributed by atoms with E-state index in [1.54, 1.807) is 6.92 Å². The maximum absolute atomic E-state index is 11.4. The van der Waals surface area contributed by atoms with E-state index >= 15 is 0 Å². The fourth-order valence-electron chi connectivity index (χ4n) is 2.08. The highest BCUT2D eigenvalue weighted by Crippen LogP contribution is 2.24. The molecule has 2 aromatic carbocycles. The van der Waals surface area contributed by atoms with E-state index in [9.17, 15) is 4.79 Å². The first-order chi connectivity index (χ1) is 10.1. The van der Waals surface area contributed by atoms with E-state index < -0.39 is 0 Å². The molecule has 0 spiro atoms. The molecule has 0 aliphatic carbocycles. The summed E-state index contributed by atoms with van der Waals surface area (Å²) in [5.74, 6) is -0.272. The molecule has 4 heteroatoms. The number of esters is 1. The number of ether oxygens (including phenoxy) is 1. The molecule has 0 aliphatic heterocycles. The molecule has 0 fully saturated rings. The van der Waals surface area contributed by atoms with E-state index in [0.717, 1.165) is 16.7 Å². The molecule has 0 aromatic heterocycles. The molecule has 3 nitrogen and oxygen atoms in total.